The smallest absolute Gasteiger partial charge is 0.258 e. The molecular weight excluding hydrogens is 333 g/mol. The Balaban J connectivity index is 2.04. The highest BCUT2D eigenvalue weighted by Crippen LogP contribution is 2.35. The summed E-state index contributed by atoms with van der Waals surface area (Å²) in [7, 11) is 0. The van der Waals surface area contributed by atoms with E-state index in [1.54, 1.807) is 0 Å². The molecule has 0 radical (unpaired) electrons. The van der Waals surface area contributed by atoms with Crippen LogP contribution in [0.25, 0.3) is 5.69 Å². The molecule has 0 fully saturated rings. The van der Waals surface area contributed by atoms with Crippen LogP contribution in [-0.2, 0) is 0 Å². The van der Waals surface area contributed by atoms with Gasteiger partial charge in [-0.1, -0.05) is 12.1 Å². The average molecular weight is 345 g/mol. The number of hydrogen-bond donors (Lipinski definition) is 0. The highest BCUT2D eigenvalue weighted by molar-refractivity contribution is 7.99. The molecule has 0 spiro atoms. The summed E-state index contributed by atoms with van der Waals surface area (Å²) in [6.45, 7) is 3.92. The fraction of sp³-hybridized carbons (Fsp3) is 0.133. The van der Waals surface area contributed by atoms with E-state index in [1.807, 2.05) is 32.0 Å². The zero-order valence-corrected chi connectivity index (χ0v) is 13.6. The third kappa shape index (κ3) is 2.98. The van der Waals surface area contributed by atoms with Crippen molar-refractivity contribution in [2.75, 3.05) is 0 Å². The van der Waals surface area contributed by atoms with Crippen LogP contribution in [0, 0.1) is 29.8 Å². The number of nitro benzene ring substituents is 1. The van der Waals surface area contributed by atoms with Gasteiger partial charge in [-0.2, -0.15) is 4.68 Å². The maximum atomic E-state index is 13.3. The first kappa shape index (κ1) is 16.1. The summed E-state index contributed by atoms with van der Waals surface area (Å²) in [4.78, 5) is 10.8. The summed E-state index contributed by atoms with van der Waals surface area (Å²) < 4.78 is 14.8. The number of benzene rings is 2. The minimum absolute atomic E-state index is 0.266. The first-order chi connectivity index (χ1) is 11.5. The molecule has 24 heavy (non-hydrogen) atoms. The second kappa shape index (κ2) is 6.36. The second-order valence-electron chi connectivity index (χ2n) is 5.06. The van der Waals surface area contributed by atoms with Crippen LogP contribution in [0.15, 0.2) is 46.5 Å². The molecule has 122 valence electrons. The van der Waals surface area contributed by atoms with Crippen LogP contribution in [0.1, 0.15) is 11.1 Å². The van der Waals surface area contributed by atoms with Gasteiger partial charge in [-0.05, 0) is 65.4 Å². The Labute approximate surface area is 140 Å². The molecule has 3 rings (SSSR count). The molecule has 0 amide bonds. The molecule has 0 aliphatic carbocycles. The van der Waals surface area contributed by atoms with Crippen LogP contribution < -0.4 is 0 Å². The molecule has 2 aromatic carbocycles. The van der Waals surface area contributed by atoms with E-state index in [9.17, 15) is 14.5 Å². The number of aromatic nitrogens is 4. The monoisotopic (exact) mass is 345 g/mol. The van der Waals surface area contributed by atoms with Crippen molar-refractivity contribution in [3.63, 3.8) is 0 Å². The first-order valence-electron chi connectivity index (χ1n) is 6.94. The fourth-order valence-electron chi connectivity index (χ4n) is 2.18. The van der Waals surface area contributed by atoms with E-state index < -0.39 is 10.7 Å². The lowest BCUT2D eigenvalue weighted by Gasteiger charge is -2.09. The third-order valence-electron chi connectivity index (χ3n) is 3.56. The van der Waals surface area contributed by atoms with Gasteiger partial charge in [0.15, 0.2) is 0 Å². The van der Waals surface area contributed by atoms with Crippen molar-refractivity contribution >= 4 is 17.4 Å². The molecule has 0 aliphatic heterocycles. The molecular formula is C15H12FN5O2S. The second-order valence-corrected chi connectivity index (χ2v) is 6.07. The molecule has 0 N–H and O–H groups in total. The molecule has 0 unspecified atom stereocenters. The highest BCUT2D eigenvalue weighted by atomic mass is 32.2. The fourth-order valence-corrected chi connectivity index (χ4v) is 3.05. The minimum atomic E-state index is -0.667. The number of hydrogen-bond acceptors (Lipinski definition) is 6. The normalized spacial score (nSPS) is 10.8. The molecule has 0 saturated heterocycles. The lowest BCUT2D eigenvalue weighted by atomic mass is 10.1. The van der Waals surface area contributed by atoms with Crippen LogP contribution >= 0.6 is 11.8 Å². The summed E-state index contributed by atoms with van der Waals surface area (Å²) in [5.41, 5.74) is 2.54. The van der Waals surface area contributed by atoms with Crippen LogP contribution in [0.4, 0.5) is 10.1 Å². The van der Waals surface area contributed by atoms with Crippen molar-refractivity contribution in [1.29, 1.82) is 0 Å². The Morgan fingerprint density at radius 3 is 2.79 bits per heavy atom. The quantitative estimate of drug-likeness (QED) is 0.531. The number of nitrogens with zero attached hydrogens (tertiary/aromatic N) is 5. The topological polar surface area (TPSA) is 86.7 Å². The molecule has 0 atom stereocenters. The predicted molar refractivity (Wildman–Crippen MR) is 85.8 cm³/mol. The summed E-state index contributed by atoms with van der Waals surface area (Å²) in [5, 5.41) is 23.0. The lowest BCUT2D eigenvalue weighted by Crippen LogP contribution is -2.02. The maximum absolute atomic E-state index is 13.3. The summed E-state index contributed by atoms with van der Waals surface area (Å²) in [6.07, 6.45) is 0. The SMILES string of the molecule is Cc1cccc(-n2nnnc2Sc2ccc(F)cc2[N+](=O)[O-])c1C. The first-order valence-corrected chi connectivity index (χ1v) is 7.76. The molecule has 0 bridgehead atoms. The lowest BCUT2D eigenvalue weighted by molar-refractivity contribution is -0.387. The molecule has 7 nitrogen and oxygen atoms in total. The van der Waals surface area contributed by atoms with Gasteiger partial charge in [0.25, 0.3) is 5.69 Å². The number of nitro groups is 1. The highest BCUT2D eigenvalue weighted by Gasteiger charge is 2.20. The van der Waals surface area contributed by atoms with E-state index in [0.29, 0.717) is 5.16 Å². The largest absolute Gasteiger partial charge is 0.286 e. The Hall–Kier alpha value is -2.81. The molecule has 1 heterocycles. The van der Waals surface area contributed by atoms with Gasteiger partial charge in [0.05, 0.1) is 21.6 Å². The molecule has 9 heteroatoms. The van der Waals surface area contributed by atoms with Crippen LogP contribution in [0.2, 0.25) is 0 Å². The Morgan fingerprint density at radius 2 is 2.04 bits per heavy atom. The van der Waals surface area contributed by atoms with Crippen molar-refractivity contribution in [3.8, 4) is 5.69 Å². The van der Waals surface area contributed by atoms with Crippen molar-refractivity contribution in [3.05, 3.63) is 63.5 Å². The van der Waals surface area contributed by atoms with Gasteiger partial charge < -0.3 is 0 Å². The van der Waals surface area contributed by atoms with Crippen LogP contribution in [0.5, 0.6) is 0 Å². The number of tetrazole rings is 1. The van der Waals surface area contributed by atoms with E-state index in [-0.39, 0.29) is 10.6 Å². The average Bonchev–Trinajstić information content (AvgIpc) is 2.99. The van der Waals surface area contributed by atoms with E-state index in [4.69, 9.17) is 0 Å². The minimum Gasteiger partial charge on any atom is -0.258 e. The van der Waals surface area contributed by atoms with Gasteiger partial charge in [0.1, 0.15) is 5.82 Å². The summed E-state index contributed by atoms with van der Waals surface area (Å²) in [6, 6.07) is 9.12. The van der Waals surface area contributed by atoms with Crippen molar-refractivity contribution in [2.24, 2.45) is 0 Å². The van der Waals surface area contributed by atoms with Crippen LogP contribution in [-0.4, -0.2) is 25.1 Å². The van der Waals surface area contributed by atoms with Crippen molar-refractivity contribution in [2.45, 2.75) is 23.9 Å². The van der Waals surface area contributed by atoms with Crippen LogP contribution in [0.3, 0.4) is 0 Å². The number of rotatable bonds is 4. The maximum Gasteiger partial charge on any atom is 0.286 e. The van der Waals surface area contributed by atoms with Gasteiger partial charge in [-0.25, -0.2) is 4.39 Å². The molecule has 0 aliphatic rings. The summed E-state index contributed by atoms with van der Waals surface area (Å²) >= 11 is 1.01. The Morgan fingerprint density at radius 1 is 1.25 bits per heavy atom. The van der Waals surface area contributed by atoms with Gasteiger partial charge in [-0.15, -0.1) is 5.10 Å². The van der Waals surface area contributed by atoms with Crippen molar-refractivity contribution in [1.82, 2.24) is 20.2 Å². The number of aryl methyl sites for hydroxylation is 1. The molecule has 1 aromatic heterocycles. The predicted octanol–water partition coefficient (Wildman–Crippen LogP) is 3.48. The van der Waals surface area contributed by atoms with E-state index >= 15 is 0 Å². The van der Waals surface area contributed by atoms with Gasteiger partial charge in [0.2, 0.25) is 5.16 Å². The van der Waals surface area contributed by atoms with Gasteiger partial charge >= 0.3 is 0 Å². The Bertz CT molecular complexity index is 928. The van der Waals surface area contributed by atoms with E-state index in [1.165, 1.54) is 16.8 Å². The third-order valence-corrected chi connectivity index (χ3v) is 4.57. The standard InChI is InChI=1S/C15H12FN5O2S/c1-9-4-3-5-12(10(9)2)20-15(17-18-19-20)24-14-7-6-11(16)8-13(14)21(22)23/h3-8H,1-2H3. The molecule has 0 saturated carbocycles. The van der Waals surface area contributed by atoms with Gasteiger partial charge in [0, 0.05) is 0 Å². The zero-order valence-electron chi connectivity index (χ0n) is 12.8. The molecule has 3 aromatic rings. The van der Waals surface area contributed by atoms with E-state index in [0.717, 1.165) is 34.6 Å². The van der Waals surface area contributed by atoms with E-state index in [2.05, 4.69) is 15.5 Å². The zero-order chi connectivity index (χ0) is 17.3. The summed E-state index contributed by atoms with van der Waals surface area (Å²) in [5.74, 6) is -0.667. The van der Waals surface area contributed by atoms with Crippen molar-refractivity contribution < 1.29 is 9.31 Å². The Kier molecular flexibility index (Phi) is 4.26. The number of halogens is 1. The van der Waals surface area contributed by atoms with Gasteiger partial charge in [-0.3, -0.25) is 10.1 Å².